The van der Waals surface area contributed by atoms with Crippen molar-refractivity contribution in [3.8, 4) is 0 Å². The normalized spacial score (nSPS) is 13.8. The topological polar surface area (TPSA) is 3.24 Å². The zero-order valence-electron chi connectivity index (χ0n) is 14.1. The van der Waals surface area contributed by atoms with Crippen molar-refractivity contribution in [2.24, 2.45) is 5.92 Å². The van der Waals surface area contributed by atoms with E-state index in [4.69, 9.17) is 0 Å². The summed E-state index contributed by atoms with van der Waals surface area (Å²) in [7, 11) is 0. The standard InChI is InChI=1S/C17H22F7N/c1-3-5-6-12(4-2)9-10-25(17(23,24)16(20,21)22)15-8-7-13(18)11-14(15)19/h7-8,11-12H,3-6,9-10H2,1-2H3. The smallest absolute Gasteiger partial charge is 0.303 e. The number of anilines is 1. The van der Waals surface area contributed by atoms with Gasteiger partial charge in [0, 0.05) is 12.6 Å². The molecule has 0 fully saturated rings. The van der Waals surface area contributed by atoms with Crippen LogP contribution in [0.25, 0.3) is 0 Å². The molecular formula is C17H22F7N. The van der Waals surface area contributed by atoms with Crippen LogP contribution in [0.3, 0.4) is 0 Å². The Labute approximate surface area is 142 Å². The molecule has 0 aliphatic carbocycles. The number of hydrogen-bond acceptors (Lipinski definition) is 1. The third-order valence-corrected chi connectivity index (χ3v) is 4.18. The molecule has 0 aromatic heterocycles. The van der Waals surface area contributed by atoms with E-state index in [1.54, 1.807) is 0 Å². The minimum absolute atomic E-state index is 0.0463. The van der Waals surface area contributed by atoms with Crippen LogP contribution in [0.4, 0.5) is 36.4 Å². The summed E-state index contributed by atoms with van der Waals surface area (Å²) in [6.07, 6.45) is -2.79. The summed E-state index contributed by atoms with van der Waals surface area (Å²) >= 11 is 0. The monoisotopic (exact) mass is 373 g/mol. The minimum atomic E-state index is -5.88. The maximum atomic E-state index is 13.9. The zero-order chi connectivity index (χ0) is 19.3. The van der Waals surface area contributed by atoms with Gasteiger partial charge in [-0.05, 0) is 24.5 Å². The lowest BCUT2D eigenvalue weighted by molar-refractivity contribution is -0.281. The number of unbranched alkanes of at least 4 members (excludes halogenated alkanes) is 1. The molecule has 1 unspecified atom stereocenters. The van der Waals surface area contributed by atoms with Crippen molar-refractivity contribution in [3.05, 3.63) is 29.8 Å². The van der Waals surface area contributed by atoms with Crippen LogP contribution in [-0.2, 0) is 0 Å². The Kier molecular flexibility index (Phi) is 7.56. The van der Waals surface area contributed by atoms with Gasteiger partial charge >= 0.3 is 12.2 Å². The molecule has 25 heavy (non-hydrogen) atoms. The molecule has 0 N–H and O–H groups in total. The first-order valence-corrected chi connectivity index (χ1v) is 8.21. The first-order valence-electron chi connectivity index (χ1n) is 8.21. The Morgan fingerprint density at radius 1 is 1.00 bits per heavy atom. The molecular weight excluding hydrogens is 351 g/mol. The molecule has 1 atom stereocenters. The predicted molar refractivity (Wildman–Crippen MR) is 82.6 cm³/mol. The SMILES string of the molecule is CCCCC(CC)CCN(c1ccc(F)cc1F)C(F)(F)C(F)(F)F. The van der Waals surface area contributed by atoms with Crippen LogP contribution in [-0.4, -0.2) is 18.8 Å². The van der Waals surface area contributed by atoms with Gasteiger partial charge in [0.2, 0.25) is 0 Å². The Bertz CT molecular complexity index is 542. The van der Waals surface area contributed by atoms with Crippen molar-refractivity contribution in [3.63, 3.8) is 0 Å². The van der Waals surface area contributed by atoms with Gasteiger partial charge < -0.3 is 4.90 Å². The van der Waals surface area contributed by atoms with E-state index in [0.717, 1.165) is 12.8 Å². The van der Waals surface area contributed by atoms with Gasteiger partial charge in [-0.2, -0.15) is 22.0 Å². The van der Waals surface area contributed by atoms with Crippen LogP contribution >= 0.6 is 0 Å². The van der Waals surface area contributed by atoms with Crippen molar-refractivity contribution in [1.29, 1.82) is 0 Å². The van der Waals surface area contributed by atoms with Gasteiger partial charge in [0.15, 0.2) is 0 Å². The van der Waals surface area contributed by atoms with Gasteiger partial charge in [-0.25, -0.2) is 8.78 Å². The van der Waals surface area contributed by atoms with E-state index in [1.165, 1.54) is 0 Å². The molecule has 0 amide bonds. The van der Waals surface area contributed by atoms with Gasteiger partial charge in [-0.15, -0.1) is 0 Å². The molecule has 1 rings (SSSR count). The van der Waals surface area contributed by atoms with Crippen LogP contribution in [0, 0.1) is 17.6 Å². The molecule has 8 heteroatoms. The second kappa shape index (κ2) is 8.76. The molecule has 0 spiro atoms. The van der Waals surface area contributed by atoms with E-state index >= 15 is 0 Å². The van der Waals surface area contributed by atoms with E-state index in [0.29, 0.717) is 31.0 Å². The Balaban J connectivity index is 3.12. The van der Waals surface area contributed by atoms with Crippen LogP contribution < -0.4 is 4.90 Å². The van der Waals surface area contributed by atoms with E-state index in [2.05, 4.69) is 0 Å². The van der Waals surface area contributed by atoms with Crippen molar-refractivity contribution < 1.29 is 30.7 Å². The van der Waals surface area contributed by atoms with E-state index in [-0.39, 0.29) is 17.2 Å². The maximum Gasteiger partial charge on any atom is 0.475 e. The molecule has 0 saturated carbocycles. The highest BCUT2D eigenvalue weighted by Crippen LogP contribution is 2.42. The second-order valence-electron chi connectivity index (χ2n) is 5.99. The number of rotatable bonds is 9. The summed E-state index contributed by atoms with van der Waals surface area (Å²) in [6, 6.07) is -3.69. The lowest BCUT2D eigenvalue weighted by Gasteiger charge is -2.35. The van der Waals surface area contributed by atoms with Crippen LogP contribution in [0.5, 0.6) is 0 Å². The molecule has 0 bridgehead atoms. The van der Waals surface area contributed by atoms with E-state index in [9.17, 15) is 30.7 Å². The highest BCUT2D eigenvalue weighted by Gasteiger charge is 2.62. The molecule has 1 aromatic carbocycles. The van der Waals surface area contributed by atoms with Gasteiger partial charge in [-0.1, -0.05) is 39.5 Å². The largest absolute Gasteiger partial charge is 0.475 e. The third-order valence-electron chi connectivity index (χ3n) is 4.18. The first-order chi connectivity index (χ1) is 11.5. The molecule has 0 heterocycles. The van der Waals surface area contributed by atoms with Crippen LogP contribution in [0.1, 0.15) is 46.0 Å². The molecule has 0 radical (unpaired) electrons. The first kappa shape index (κ1) is 21.6. The van der Waals surface area contributed by atoms with Crippen molar-refractivity contribution >= 4 is 5.69 Å². The average Bonchev–Trinajstić information content (AvgIpc) is 2.50. The minimum Gasteiger partial charge on any atom is -0.303 e. The Hall–Kier alpha value is -1.47. The highest BCUT2D eigenvalue weighted by atomic mass is 19.4. The summed E-state index contributed by atoms with van der Waals surface area (Å²) in [5.74, 6) is -2.55. The van der Waals surface area contributed by atoms with Crippen molar-refractivity contribution in [2.75, 3.05) is 11.4 Å². The number of halogens is 7. The number of alkyl halides is 5. The summed E-state index contributed by atoms with van der Waals surface area (Å²) in [4.78, 5) is -0.309. The number of nitrogens with zero attached hydrogens (tertiary/aromatic N) is 1. The second-order valence-corrected chi connectivity index (χ2v) is 5.99. The van der Waals surface area contributed by atoms with Crippen LogP contribution in [0.15, 0.2) is 18.2 Å². The van der Waals surface area contributed by atoms with Gasteiger partial charge in [0.1, 0.15) is 11.6 Å². The summed E-state index contributed by atoms with van der Waals surface area (Å²) < 4.78 is 93.0. The fraction of sp³-hybridized carbons (Fsp3) is 0.647. The fourth-order valence-corrected chi connectivity index (χ4v) is 2.62. The van der Waals surface area contributed by atoms with E-state index in [1.807, 2.05) is 13.8 Å². The molecule has 0 saturated heterocycles. The molecule has 0 aliphatic heterocycles. The van der Waals surface area contributed by atoms with Gasteiger partial charge in [0.25, 0.3) is 0 Å². The predicted octanol–water partition coefficient (Wildman–Crippen LogP) is 6.53. The quantitative estimate of drug-likeness (QED) is 0.351. The van der Waals surface area contributed by atoms with Crippen molar-refractivity contribution in [2.45, 2.75) is 58.2 Å². The third kappa shape index (κ3) is 5.51. The number of benzene rings is 1. The molecule has 1 aromatic rings. The fourth-order valence-electron chi connectivity index (χ4n) is 2.62. The van der Waals surface area contributed by atoms with Crippen molar-refractivity contribution in [1.82, 2.24) is 0 Å². The summed E-state index contributed by atoms with van der Waals surface area (Å²) in [5.41, 5.74) is -0.964. The maximum absolute atomic E-state index is 13.9. The number of hydrogen-bond donors (Lipinski definition) is 0. The molecule has 144 valence electrons. The molecule has 0 aliphatic rings. The van der Waals surface area contributed by atoms with Crippen LogP contribution in [0.2, 0.25) is 0 Å². The van der Waals surface area contributed by atoms with Gasteiger partial charge in [-0.3, -0.25) is 0 Å². The Morgan fingerprint density at radius 2 is 1.64 bits per heavy atom. The molecule has 1 nitrogen and oxygen atoms in total. The lowest BCUT2D eigenvalue weighted by Crippen LogP contribution is -2.53. The summed E-state index contributed by atoms with van der Waals surface area (Å²) in [6.45, 7) is 3.09. The van der Waals surface area contributed by atoms with E-state index < -0.39 is 36.1 Å². The highest BCUT2D eigenvalue weighted by molar-refractivity contribution is 5.49. The zero-order valence-corrected chi connectivity index (χ0v) is 14.1. The summed E-state index contributed by atoms with van der Waals surface area (Å²) in [5, 5.41) is 0. The Morgan fingerprint density at radius 3 is 2.12 bits per heavy atom. The average molecular weight is 373 g/mol. The van der Waals surface area contributed by atoms with Gasteiger partial charge in [0.05, 0.1) is 5.69 Å². The lowest BCUT2D eigenvalue weighted by atomic mass is 9.95.